The molecule has 0 atom stereocenters. The summed E-state index contributed by atoms with van der Waals surface area (Å²) in [5.41, 5.74) is 2.74. The average Bonchev–Trinajstić information content (AvgIpc) is 3.20. The van der Waals surface area contributed by atoms with Gasteiger partial charge in [0.25, 0.3) is 0 Å². The minimum absolute atomic E-state index is 0.396. The first-order chi connectivity index (χ1) is 13.4. The standard InChI is InChI=1S/C23H22BNO3/c1-22(2)23(3,4)28-24(27-22)18-14-19-20(17-13-9-8-12-16(17)18)26-21(25-19)15-10-6-5-7-11-15/h5-14H,1-4H3. The number of benzene rings is 3. The molecule has 4 aromatic rings. The molecule has 0 aliphatic carbocycles. The first kappa shape index (κ1) is 17.5. The molecule has 0 saturated carbocycles. The van der Waals surface area contributed by atoms with E-state index >= 15 is 0 Å². The molecule has 4 nitrogen and oxygen atoms in total. The molecule has 140 valence electrons. The normalized spacial score (nSPS) is 18.2. The van der Waals surface area contributed by atoms with Crippen molar-refractivity contribution in [2.75, 3.05) is 0 Å². The highest BCUT2D eigenvalue weighted by Crippen LogP contribution is 2.38. The summed E-state index contributed by atoms with van der Waals surface area (Å²) in [5.74, 6) is 0.617. The second-order valence-electron chi connectivity index (χ2n) is 8.33. The molecule has 5 rings (SSSR count). The fraction of sp³-hybridized carbons (Fsp3) is 0.261. The Kier molecular flexibility index (Phi) is 3.70. The number of nitrogens with zero attached hydrogens (tertiary/aromatic N) is 1. The molecule has 1 aromatic heterocycles. The van der Waals surface area contributed by atoms with Crippen LogP contribution in [0.4, 0.5) is 0 Å². The van der Waals surface area contributed by atoms with E-state index in [1.54, 1.807) is 0 Å². The predicted octanol–water partition coefficient (Wildman–Crippen LogP) is 4.95. The molecule has 28 heavy (non-hydrogen) atoms. The van der Waals surface area contributed by atoms with Crippen LogP contribution >= 0.6 is 0 Å². The van der Waals surface area contributed by atoms with Crippen molar-refractivity contribution in [2.45, 2.75) is 38.9 Å². The first-order valence-corrected chi connectivity index (χ1v) is 9.59. The van der Waals surface area contributed by atoms with Gasteiger partial charge >= 0.3 is 7.12 Å². The van der Waals surface area contributed by atoms with E-state index < -0.39 is 18.3 Å². The van der Waals surface area contributed by atoms with Crippen molar-refractivity contribution in [3.63, 3.8) is 0 Å². The van der Waals surface area contributed by atoms with Crippen LogP contribution in [0.2, 0.25) is 0 Å². The van der Waals surface area contributed by atoms with Gasteiger partial charge < -0.3 is 13.7 Å². The second-order valence-corrected chi connectivity index (χ2v) is 8.33. The summed E-state index contributed by atoms with van der Waals surface area (Å²) in [4.78, 5) is 4.76. The van der Waals surface area contributed by atoms with Crippen molar-refractivity contribution in [3.8, 4) is 11.5 Å². The molecule has 0 N–H and O–H groups in total. The van der Waals surface area contributed by atoms with Gasteiger partial charge in [0.05, 0.1) is 11.2 Å². The van der Waals surface area contributed by atoms with Gasteiger partial charge in [-0.3, -0.25) is 0 Å². The Morgan fingerprint density at radius 3 is 2.07 bits per heavy atom. The molecule has 1 saturated heterocycles. The smallest absolute Gasteiger partial charge is 0.435 e. The van der Waals surface area contributed by atoms with Gasteiger partial charge in [0, 0.05) is 10.9 Å². The summed E-state index contributed by atoms with van der Waals surface area (Å²) in [5, 5.41) is 2.07. The Morgan fingerprint density at radius 2 is 1.39 bits per heavy atom. The quantitative estimate of drug-likeness (QED) is 0.468. The van der Waals surface area contributed by atoms with Crippen molar-refractivity contribution in [1.82, 2.24) is 4.98 Å². The van der Waals surface area contributed by atoms with Crippen LogP contribution in [0.25, 0.3) is 33.3 Å². The molecule has 0 bridgehead atoms. The number of fused-ring (bicyclic) bond motifs is 3. The number of rotatable bonds is 2. The fourth-order valence-electron chi connectivity index (χ4n) is 3.65. The minimum Gasteiger partial charge on any atom is -0.435 e. The van der Waals surface area contributed by atoms with Crippen LogP contribution in [0.1, 0.15) is 27.7 Å². The molecule has 1 aliphatic rings. The molecule has 2 heterocycles. The number of hydrogen-bond acceptors (Lipinski definition) is 4. The highest BCUT2D eigenvalue weighted by molar-refractivity contribution is 6.65. The monoisotopic (exact) mass is 371 g/mol. The highest BCUT2D eigenvalue weighted by Gasteiger charge is 2.52. The summed E-state index contributed by atoms with van der Waals surface area (Å²) in [7, 11) is -0.448. The Morgan fingerprint density at radius 1 is 0.786 bits per heavy atom. The summed E-state index contributed by atoms with van der Waals surface area (Å²) >= 11 is 0. The first-order valence-electron chi connectivity index (χ1n) is 9.59. The summed E-state index contributed by atoms with van der Waals surface area (Å²) in [6.07, 6.45) is 0. The highest BCUT2D eigenvalue weighted by atomic mass is 16.7. The van der Waals surface area contributed by atoms with E-state index in [4.69, 9.17) is 18.7 Å². The van der Waals surface area contributed by atoms with Crippen LogP contribution in [-0.4, -0.2) is 23.3 Å². The van der Waals surface area contributed by atoms with Gasteiger partial charge in [-0.05, 0) is 56.7 Å². The predicted molar refractivity (Wildman–Crippen MR) is 113 cm³/mol. The van der Waals surface area contributed by atoms with Gasteiger partial charge in [0.2, 0.25) is 5.89 Å². The summed E-state index contributed by atoms with van der Waals surface area (Å²) in [6.45, 7) is 8.27. The van der Waals surface area contributed by atoms with E-state index in [0.29, 0.717) is 5.89 Å². The molecule has 3 aromatic carbocycles. The lowest BCUT2D eigenvalue weighted by Gasteiger charge is -2.32. The zero-order chi connectivity index (χ0) is 19.5. The number of oxazole rings is 1. The van der Waals surface area contributed by atoms with Gasteiger partial charge in [-0.15, -0.1) is 0 Å². The lowest BCUT2D eigenvalue weighted by Crippen LogP contribution is -2.41. The van der Waals surface area contributed by atoms with E-state index in [2.05, 4.69) is 39.8 Å². The van der Waals surface area contributed by atoms with Crippen LogP contribution in [-0.2, 0) is 9.31 Å². The number of hydrogen-bond donors (Lipinski definition) is 0. The molecule has 1 aliphatic heterocycles. The van der Waals surface area contributed by atoms with Gasteiger partial charge in [0.15, 0.2) is 5.58 Å². The van der Waals surface area contributed by atoms with Gasteiger partial charge in [-0.1, -0.05) is 42.5 Å². The number of aromatic nitrogens is 1. The molecule has 5 heteroatoms. The topological polar surface area (TPSA) is 44.5 Å². The Labute approximate surface area is 164 Å². The molecule has 0 amide bonds. The third kappa shape index (κ3) is 2.58. The molecule has 1 fully saturated rings. The largest absolute Gasteiger partial charge is 0.495 e. The van der Waals surface area contributed by atoms with Crippen LogP contribution in [0.5, 0.6) is 0 Å². The van der Waals surface area contributed by atoms with Crippen molar-refractivity contribution >= 4 is 34.5 Å². The van der Waals surface area contributed by atoms with Crippen molar-refractivity contribution < 1.29 is 13.7 Å². The van der Waals surface area contributed by atoms with E-state index in [-0.39, 0.29) is 0 Å². The molecular weight excluding hydrogens is 349 g/mol. The van der Waals surface area contributed by atoms with Crippen molar-refractivity contribution in [2.24, 2.45) is 0 Å². The van der Waals surface area contributed by atoms with Crippen LogP contribution < -0.4 is 5.46 Å². The minimum atomic E-state index is -0.448. The fourth-order valence-corrected chi connectivity index (χ4v) is 3.65. The van der Waals surface area contributed by atoms with Crippen molar-refractivity contribution in [1.29, 1.82) is 0 Å². The maximum absolute atomic E-state index is 6.32. The zero-order valence-electron chi connectivity index (χ0n) is 16.5. The third-order valence-electron chi connectivity index (χ3n) is 5.96. The zero-order valence-corrected chi connectivity index (χ0v) is 16.5. The van der Waals surface area contributed by atoms with Crippen molar-refractivity contribution in [3.05, 3.63) is 60.7 Å². The van der Waals surface area contributed by atoms with Crippen LogP contribution in [0.3, 0.4) is 0 Å². The Balaban J connectivity index is 1.72. The van der Waals surface area contributed by atoms with E-state index in [1.807, 2.05) is 48.5 Å². The second kappa shape index (κ2) is 5.93. The maximum atomic E-state index is 6.32. The third-order valence-corrected chi connectivity index (χ3v) is 5.96. The maximum Gasteiger partial charge on any atom is 0.495 e. The lowest BCUT2D eigenvalue weighted by atomic mass is 9.76. The average molecular weight is 371 g/mol. The van der Waals surface area contributed by atoms with E-state index in [0.717, 1.165) is 32.9 Å². The van der Waals surface area contributed by atoms with Gasteiger partial charge in [0.1, 0.15) is 5.52 Å². The lowest BCUT2D eigenvalue weighted by molar-refractivity contribution is 0.00578. The Bertz CT molecular complexity index is 1160. The molecule has 0 unspecified atom stereocenters. The summed E-state index contributed by atoms with van der Waals surface area (Å²) in [6, 6.07) is 20.2. The van der Waals surface area contributed by atoms with E-state index in [9.17, 15) is 0 Å². The van der Waals surface area contributed by atoms with E-state index in [1.165, 1.54) is 0 Å². The Hall–Kier alpha value is -2.63. The van der Waals surface area contributed by atoms with Gasteiger partial charge in [-0.25, -0.2) is 4.98 Å². The van der Waals surface area contributed by atoms with Crippen LogP contribution in [0, 0.1) is 0 Å². The van der Waals surface area contributed by atoms with Gasteiger partial charge in [-0.2, -0.15) is 0 Å². The summed E-state index contributed by atoms with van der Waals surface area (Å²) < 4.78 is 18.8. The van der Waals surface area contributed by atoms with Crippen LogP contribution in [0.15, 0.2) is 65.1 Å². The molecule has 0 spiro atoms. The SMILES string of the molecule is CC1(C)OB(c2cc3nc(-c4ccccc4)oc3c3ccccc23)OC1(C)C. The molecule has 0 radical (unpaired) electrons. The molecular formula is C23H22BNO3.